The molecule has 2 heteroatoms. The van der Waals surface area contributed by atoms with Crippen LogP contribution in [0.1, 0.15) is 78.1 Å². The van der Waals surface area contributed by atoms with E-state index in [9.17, 15) is 10.4 Å². The molecular formula is C20H31NO. The normalized spacial score (nSPS) is 57.4. The third-order valence-electron chi connectivity index (χ3n) is 8.92. The first-order valence-corrected chi connectivity index (χ1v) is 9.58. The second kappa shape index (κ2) is 4.73. The van der Waals surface area contributed by atoms with Crippen LogP contribution in [0.25, 0.3) is 0 Å². The Morgan fingerprint density at radius 3 is 2.45 bits per heavy atom. The highest BCUT2D eigenvalue weighted by atomic mass is 16.3. The lowest BCUT2D eigenvalue weighted by molar-refractivity contribution is -0.135. The molecule has 0 bridgehead atoms. The summed E-state index contributed by atoms with van der Waals surface area (Å²) in [6, 6.07) is 2.30. The van der Waals surface area contributed by atoms with E-state index in [1.54, 1.807) is 0 Å². The van der Waals surface area contributed by atoms with Crippen molar-refractivity contribution in [3.63, 3.8) is 0 Å². The van der Waals surface area contributed by atoms with Crippen LogP contribution in [0.5, 0.6) is 0 Å². The van der Waals surface area contributed by atoms with E-state index in [4.69, 9.17) is 0 Å². The standard InChI is InChI=1S/C20H31NO/c1-18-10-4-3-5-14(18)6-7-15-16(18)8-11-19(2)17(15)9-12-20(19,22)13-21/h14-17,22H,3-12H2,1-2H3/t14-,15-,16-,17-,18+,19+,20+/m1/s1. The number of nitriles is 1. The Morgan fingerprint density at radius 2 is 1.68 bits per heavy atom. The summed E-state index contributed by atoms with van der Waals surface area (Å²) in [5.74, 6) is 3.14. The number of aliphatic hydroxyl groups is 1. The molecule has 1 N–H and O–H groups in total. The molecule has 122 valence electrons. The van der Waals surface area contributed by atoms with Crippen molar-refractivity contribution < 1.29 is 5.11 Å². The van der Waals surface area contributed by atoms with Crippen LogP contribution in [0.2, 0.25) is 0 Å². The van der Waals surface area contributed by atoms with Crippen molar-refractivity contribution in [3.8, 4) is 6.07 Å². The number of fused-ring (bicyclic) bond motifs is 5. The van der Waals surface area contributed by atoms with Gasteiger partial charge in [-0.25, -0.2) is 0 Å². The molecule has 22 heavy (non-hydrogen) atoms. The molecule has 0 amide bonds. The lowest BCUT2D eigenvalue weighted by Crippen LogP contribution is -2.55. The van der Waals surface area contributed by atoms with E-state index < -0.39 is 5.60 Å². The minimum absolute atomic E-state index is 0.152. The molecule has 0 aromatic carbocycles. The van der Waals surface area contributed by atoms with E-state index in [0.29, 0.717) is 17.8 Å². The van der Waals surface area contributed by atoms with Gasteiger partial charge in [-0.15, -0.1) is 0 Å². The third kappa shape index (κ3) is 1.70. The fourth-order valence-corrected chi connectivity index (χ4v) is 7.49. The first-order chi connectivity index (χ1) is 10.4. The van der Waals surface area contributed by atoms with E-state index in [2.05, 4.69) is 19.9 Å². The van der Waals surface area contributed by atoms with Crippen LogP contribution < -0.4 is 0 Å². The Kier molecular flexibility index (Phi) is 3.22. The molecule has 4 fully saturated rings. The molecule has 0 radical (unpaired) electrons. The monoisotopic (exact) mass is 301 g/mol. The van der Waals surface area contributed by atoms with E-state index in [0.717, 1.165) is 30.6 Å². The maximum Gasteiger partial charge on any atom is 0.156 e. The first-order valence-electron chi connectivity index (χ1n) is 9.58. The van der Waals surface area contributed by atoms with Gasteiger partial charge in [-0.2, -0.15) is 5.26 Å². The zero-order valence-corrected chi connectivity index (χ0v) is 14.3. The molecular weight excluding hydrogens is 270 g/mol. The molecule has 7 atom stereocenters. The summed E-state index contributed by atoms with van der Waals surface area (Å²) in [5.41, 5.74) is -0.663. The van der Waals surface area contributed by atoms with Gasteiger partial charge in [0.2, 0.25) is 0 Å². The highest BCUT2D eigenvalue weighted by Gasteiger charge is 2.64. The molecule has 0 heterocycles. The summed E-state index contributed by atoms with van der Waals surface area (Å²) in [6.07, 6.45) is 12.6. The van der Waals surface area contributed by atoms with E-state index in [-0.39, 0.29) is 5.41 Å². The fraction of sp³-hybridized carbons (Fsp3) is 0.950. The van der Waals surface area contributed by atoms with E-state index >= 15 is 0 Å². The van der Waals surface area contributed by atoms with Crippen LogP contribution in [-0.2, 0) is 0 Å². The van der Waals surface area contributed by atoms with Gasteiger partial charge in [0.15, 0.2) is 5.60 Å². The molecule has 4 aliphatic carbocycles. The van der Waals surface area contributed by atoms with Crippen molar-refractivity contribution in [1.82, 2.24) is 0 Å². The molecule has 0 aliphatic heterocycles. The van der Waals surface area contributed by atoms with Gasteiger partial charge in [-0.1, -0.05) is 26.7 Å². The van der Waals surface area contributed by atoms with Crippen LogP contribution in [0.3, 0.4) is 0 Å². The average molecular weight is 301 g/mol. The van der Waals surface area contributed by atoms with Crippen molar-refractivity contribution in [2.45, 2.75) is 83.7 Å². The van der Waals surface area contributed by atoms with Crippen LogP contribution in [0.4, 0.5) is 0 Å². The summed E-state index contributed by atoms with van der Waals surface area (Å²) in [4.78, 5) is 0. The molecule has 4 saturated carbocycles. The zero-order valence-electron chi connectivity index (χ0n) is 14.3. The smallest absolute Gasteiger partial charge is 0.156 e. The maximum absolute atomic E-state index is 10.9. The number of hydrogen-bond donors (Lipinski definition) is 1. The van der Waals surface area contributed by atoms with Gasteiger partial charge in [-0.05, 0) is 80.5 Å². The zero-order chi connectivity index (χ0) is 15.6. The van der Waals surface area contributed by atoms with Gasteiger partial charge in [0.25, 0.3) is 0 Å². The SMILES string of the molecule is C[C@]12CCCC[C@@H]1CC[C@@H]1[C@H]2CC[C@@]2(C)[C@@H]1CC[C@]2(O)C#N. The fourth-order valence-electron chi connectivity index (χ4n) is 7.49. The maximum atomic E-state index is 10.9. The molecule has 0 spiro atoms. The minimum atomic E-state index is -1.06. The van der Waals surface area contributed by atoms with Gasteiger partial charge < -0.3 is 5.11 Å². The van der Waals surface area contributed by atoms with Crippen LogP contribution in [-0.4, -0.2) is 10.7 Å². The Balaban J connectivity index is 1.67. The molecule has 0 unspecified atom stereocenters. The van der Waals surface area contributed by atoms with Gasteiger partial charge >= 0.3 is 0 Å². The van der Waals surface area contributed by atoms with Gasteiger partial charge in [0, 0.05) is 5.41 Å². The van der Waals surface area contributed by atoms with Crippen LogP contribution in [0, 0.1) is 45.8 Å². The van der Waals surface area contributed by atoms with Crippen LogP contribution in [0.15, 0.2) is 0 Å². The van der Waals surface area contributed by atoms with Crippen molar-refractivity contribution in [1.29, 1.82) is 5.26 Å². The van der Waals surface area contributed by atoms with Gasteiger partial charge in [0.1, 0.15) is 0 Å². The summed E-state index contributed by atoms with van der Waals surface area (Å²) in [5, 5.41) is 20.4. The second-order valence-electron chi connectivity index (χ2n) is 9.37. The molecule has 4 aliphatic rings. The van der Waals surface area contributed by atoms with Gasteiger partial charge in [0.05, 0.1) is 6.07 Å². The highest BCUT2D eigenvalue weighted by Crippen LogP contribution is 2.68. The van der Waals surface area contributed by atoms with E-state index in [1.807, 2.05) is 0 Å². The summed E-state index contributed by atoms with van der Waals surface area (Å²) < 4.78 is 0. The quantitative estimate of drug-likeness (QED) is 0.661. The summed E-state index contributed by atoms with van der Waals surface area (Å²) >= 11 is 0. The van der Waals surface area contributed by atoms with Crippen molar-refractivity contribution in [2.75, 3.05) is 0 Å². The summed E-state index contributed by atoms with van der Waals surface area (Å²) in [7, 11) is 0. The number of rotatable bonds is 0. The highest BCUT2D eigenvalue weighted by molar-refractivity contribution is 5.20. The van der Waals surface area contributed by atoms with E-state index in [1.165, 1.54) is 44.9 Å². The molecule has 2 nitrogen and oxygen atoms in total. The topological polar surface area (TPSA) is 44.0 Å². The number of nitrogens with zero attached hydrogens (tertiary/aromatic N) is 1. The van der Waals surface area contributed by atoms with Crippen LogP contribution >= 0.6 is 0 Å². The number of hydrogen-bond acceptors (Lipinski definition) is 2. The van der Waals surface area contributed by atoms with Crippen molar-refractivity contribution in [2.24, 2.45) is 34.5 Å². The van der Waals surface area contributed by atoms with Crippen molar-refractivity contribution in [3.05, 3.63) is 0 Å². The lowest BCUT2D eigenvalue weighted by Gasteiger charge is -2.60. The predicted molar refractivity (Wildman–Crippen MR) is 86.9 cm³/mol. The molecule has 4 rings (SSSR count). The Labute approximate surface area is 135 Å². The Hall–Kier alpha value is -0.550. The molecule has 0 saturated heterocycles. The average Bonchev–Trinajstić information content (AvgIpc) is 2.79. The van der Waals surface area contributed by atoms with Gasteiger partial charge in [-0.3, -0.25) is 0 Å². The summed E-state index contributed by atoms with van der Waals surface area (Å²) in [6.45, 7) is 4.81. The third-order valence-corrected chi connectivity index (χ3v) is 8.92. The Morgan fingerprint density at radius 1 is 0.909 bits per heavy atom. The minimum Gasteiger partial charge on any atom is -0.375 e. The largest absolute Gasteiger partial charge is 0.375 e. The first kappa shape index (κ1) is 15.0. The second-order valence-corrected chi connectivity index (χ2v) is 9.37. The Bertz CT molecular complexity index is 510. The lowest BCUT2D eigenvalue weighted by atomic mass is 9.44. The molecule has 0 aromatic heterocycles. The molecule has 0 aromatic rings. The predicted octanol–water partition coefficient (Wildman–Crippen LogP) is 4.67. The van der Waals surface area contributed by atoms with Crippen molar-refractivity contribution >= 4 is 0 Å².